The lowest BCUT2D eigenvalue weighted by atomic mass is 10.1. The largest absolute Gasteiger partial charge is 0.508 e. The smallest absolute Gasteiger partial charge is 0.255 e. The number of aromatic hydroxyl groups is 1. The van der Waals surface area contributed by atoms with E-state index in [9.17, 15) is 14.3 Å². The maximum absolute atomic E-state index is 13.2. The number of aryl methyl sites for hydroxylation is 1. The Bertz CT molecular complexity index is 720. The zero-order valence-corrected chi connectivity index (χ0v) is 10.6. The van der Waals surface area contributed by atoms with E-state index in [1.807, 2.05) is 0 Å². The van der Waals surface area contributed by atoms with Crippen molar-refractivity contribution in [3.05, 3.63) is 58.9 Å². The van der Waals surface area contributed by atoms with Gasteiger partial charge in [-0.25, -0.2) is 4.39 Å². The molecule has 0 aliphatic carbocycles. The lowest BCUT2D eigenvalue weighted by Gasteiger charge is -2.07. The summed E-state index contributed by atoms with van der Waals surface area (Å²) >= 11 is 0. The van der Waals surface area contributed by atoms with Crippen LogP contribution in [-0.2, 0) is 0 Å². The third-order valence-electron chi connectivity index (χ3n) is 2.80. The van der Waals surface area contributed by atoms with Gasteiger partial charge in [-0.05, 0) is 48.9 Å². The molecule has 2 aromatic carbocycles. The molecule has 0 aliphatic rings. The summed E-state index contributed by atoms with van der Waals surface area (Å²) < 4.78 is 13.2. The molecule has 0 heterocycles. The van der Waals surface area contributed by atoms with Gasteiger partial charge in [0.2, 0.25) is 0 Å². The van der Waals surface area contributed by atoms with Crippen molar-refractivity contribution in [1.82, 2.24) is 0 Å². The maximum Gasteiger partial charge on any atom is 0.255 e. The van der Waals surface area contributed by atoms with Gasteiger partial charge in [-0.15, -0.1) is 0 Å². The number of nitrogens with zero attached hydrogens (tertiary/aromatic N) is 1. The third-order valence-corrected chi connectivity index (χ3v) is 2.80. The topological polar surface area (TPSA) is 73.1 Å². The number of nitriles is 1. The standard InChI is InChI=1S/C15H11FN2O2/c1-9-6-10(2-5-14(9)19)15(20)18-12-3-4-13(16)11(7-12)8-17/h2-7,19H,1H3,(H,18,20). The van der Waals surface area contributed by atoms with Crippen LogP contribution in [0.5, 0.6) is 5.75 Å². The molecule has 20 heavy (non-hydrogen) atoms. The van der Waals surface area contributed by atoms with E-state index in [-0.39, 0.29) is 11.3 Å². The van der Waals surface area contributed by atoms with Gasteiger partial charge in [0.1, 0.15) is 17.6 Å². The molecule has 2 aromatic rings. The van der Waals surface area contributed by atoms with Crippen molar-refractivity contribution in [2.75, 3.05) is 5.32 Å². The van der Waals surface area contributed by atoms with Gasteiger partial charge < -0.3 is 10.4 Å². The molecule has 0 bridgehead atoms. The molecule has 0 aromatic heterocycles. The van der Waals surface area contributed by atoms with Gasteiger partial charge in [-0.3, -0.25) is 4.79 Å². The molecule has 0 saturated carbocycles. The highest BCUT2D eigenvalue weighted by Gasteiger charge is 2.09. The number of carbonyl (C=O) groups is 1. The Kier molecular flexibility index (Phi) is 3.67. The Morgan fingerprint density at radius 1 is 1.30 bits per heavy atom. The van der Waals surface area contributed by atoms with Crippen LogP contribution in [0.1, 0.15) is 21.5 Å². The Morgan fingerprint density at radius 2 is 2.05 bits per heavy atom. The fourth-order valence-corrected chi connectivity index (χ4v) is 1.69. The number of benzene rings is 2. The Hall–Kier alpha value is -2.87. The lowest BCUT2D eigenvalue weighted by molar-refractivity contribution is 0.102. The van der Waals surface area contributed by atoms with Gasteiger partial charge in [0.15, 0.2) is 0 Å². The molecule has 2 rings (SSSR count). The van der Waals surface area contributed by atoms with Crippen LogP contribution in [-0.4, -0.2) is 11.0 Å². The molecule has 0 unspecified atom stereocenters. The highest BCUT2D eigenvalue weighted by atomic mass is 19.1. The summed E-state index contributed by atoms with van der Waals surface area (Å²) in [7, 11) is 0. The van der Waals surface area contributed by atoms with Gasteiger partial charge in [-0.2, -0.15) is 5.26 Å². The molecule has 2 N–H and O–H groups in total. The van der Waals surface area contributed by atoms with E-state index < -0.39 is 11.7 Å². The summed E-state index contributed by atoms with van der Waals surface area (Å²) in [5.41, 5.74) is 1.14. The molecule has 0 saturated heterocycles. The van der Waals surface area contributed by atoms with Crippen molar-refractivity contribution >= 4 is 11.6 Å². The van der Waals surface area contributed by atoms with Crippen LogP contribution in [0.4, 0.5) is 10.1 Å². The summed E-state index contributed by atoms with van der Waals surface area (Å²) in [6, 6.07) is 9.91. The molecule has 4 nitrogen and oxygen atoms in total. The molecular weight excluding hydrogens is 259 g/mol. The second kappa shape index (κ2) is 5.41. The summed E-state index contributed by atoms with van der Waals surface area (Å²) in [6.07, 6.45) is 0. The predicted octanol–water partition coefficient (Wildman–Crippen LogP) is 2.96. The number of hydrogen-bond donors (Lipinski definition) is 2. The molecule has 1 amide bonds. The van der Waals surface area contributed by atoms with Crippen molar-refractivity contribution in [3.63, 3.8) is 0 Å². The number of rotatable bonds is 2. The van der Waals surface area contributed by atoms with Crippen molar-refractivity contribution in [2.24, 2.45) is 0 Å². The van der Waals surface area contributed by atoms with E-state index in [4.69, 9.17) is 5.26 Å². The van der Waals surface area contributed by atoms with Crippen molar-refractivity contribution < 1.29 is 14.3 Å². The number of phenolic OH excluding ortho intramolecular Hbond substituents is 1. The van der Waals surface area contributed by atoms with E-state index in [1.165, 1.54) is 24.3 Å². The number of hydrogen-bond acceptors (Lipinski definition) is 3. The van der Waals surface area contributed by atoms with Gasteiger partial charge in [0.05, 0.1) is 5.56 Å². The number of carbonyl (C=O) groups excluding carboxylic acids is 1. The Labute approximate surface area is 115 Å². The first-order valence-corrected chi connectivity index (χ1v) is 5.82. The predicted molar refractivity (Wildman–Crippen MR) is 71.9 cm³/mol. The van der Waals surface area contributed by atoms with E-state index in [0.29, 0.717) is 16.8 Å². The number of anilines is 1. The zero-order chi connectivity index (χ0) is 14.7. The van der Waals surface area contributed by atoms with Gasteiger partial charge in [-0.1, -0.05) is 0 Å². The lowest BCUT2D eigenvalue weighted by Crippen LogP contribution is -2.12. The van der Waals surface area contributed by atoms with Crippen LogP contribution >= 0.6 is 0 Å². The minimum absolute atomic E-state index is 0.107. The zero-order valence-electron chi connectivity index (χ0n) is 10.6. The Balaban J connectivity index is 2.23. The molecule has 5 heteroatoms. The first-order chi connectivity index (χ1) is 9.51. The van der Waals surface area contributed by atoms with Crippen LogP contribution in [0.2, 0.25) is 0 Å². The molecule has 100 valence electrons. The monoisotopic (exact) mass is 270 g/mol. The number of nitrogens with one attached hydrogen (secondary N) is 1. The van der Waals surface area contributed by atoms with E-state index in [1.54, 1.807) is 19.1 Å². The van der Waals surface area contributed by atoms with Crippen molar-refractivity contribution in [2.45, 2.75) is 6.92 Å². The van der Waals surface area contributed by atoms with Gasteiger partial charge in [0.25, 0.3) is 5.91 Å². The highest BCUT2D eigenvalue weighted by Crippen LogP contribution is 2.19. The quantitative estimate of drug-likeness (QED) is 0.881. The first-order valence-electron chi connectivity index (χ1n) is 5.82. The van der Waals surface area contributed by atoms with Crippen LogP contribution < -0.4 is 5.32 Å². The Morgan fingerprint density at radius 3 is 2.70 bits per heavy atom. The van der Waals surface area contributed by atoms with Crippen LogP contribution in [0.3, 0.4) is 0 Å². The van der Waals surface area contributed by atoms with Gasteiger partial charge in [0, 0.05) is 11.3 Å². The van der Waals surface area contributed by atoms with E-state index in [2.05, 4.69) is 5.32 Å². The fraction of sp³-hybridized carbons (Fsp3) is 0.0667. The summed E-state index contributed by atoms with van der Waals surface area (Å²) in [5, 5.41) is 20.7. The molecule has 0 aliphatic heterocycles. The SMILES string of the molecule is Cc1cc(C(=O)Nc2ccc(F)c(C#N)c2)ccc1O. The minimum atomic E-state index is -0.633. The number of halogens is 1. The molecular formula is C15H11FN2O2. The molecule has 0 spiro atoms. The van der Waals surface area contributed by atoms with Gasteiger partial charge >= 0.3 is 0 Å². The normalized spacial score (nSPS) is 9.85. The second-order valence-corrected chi connectivity index (χ2v) is 4.26. The minimum Gasteiger partial charge on any atom is -0.508 e. The summed E-state index contributed by atoms with van der Waals surface area (Å²) in [6.45, 7) is 1.68. The third kappa shape index (κ3) is 2.75. The molecule has 0 radical (unpaired) electrons. The van der Waals surface area contributed by atoms with Crippen LogP contribution in [0, 0.1) is 24.1 Å². The van der Waals surface area contributed by atoms with E-state index in [0.717, 1.165) is 6.07 Å². The summed E-state index contributed by atoms with van der Waals surface area (Å²) in [5.74, 6) is -0.926. The van der Waals surface area contributed by atoms with Crippen molar-refractivity contribution in [3.8, 4) is 11.8 Å². The highest BCUT2D eigenvalue weighted by molar-refractivity contribution is 6.04. The molecule has 0 fully saturated rings. The summed E-state index contributed by atoms with van der Waals surface area (Å²) in [4.78, 5) is 12.0. The maximum atomic E-state index is 13.2. The van der Waals surface area contributed by atoms with E-state index >= 15 is 0 Å². The van der Waals surface area contributed by atoms with Crippen LogP contribution in [0.25, 0.3) is 0 Å². The average molecular weight is 270 g/mol. The second-order valence-electron chi connectivity index (χ2n) is 4.26. The average Bonchev–Trinajstić information content (AvgIpc) is 2.43. The number of amides is 1. The number of phenols is 1. The van der Waals surface area contributed by atoms with Crippen molar-refractivity contribution in [1.29, 1.82) is 5.26 Å². The van der Waals surface area contributed by atoms with Crippen LogP contribution in [0.15, 0.2) is 36.4 Å². The molecule has 0 atom stereocenters. The first kappa shape index (κ1) is 13.6. The fourth-order valence-electron chi connectivity index (χ4n) is 1.69.